The molecule has 0 spiro atoms. The van der Waals surface area contributed by atoms with Gasteiger partial charge in [-0.25, -0.2) is 19.3 Å². The maximum absolute atomic E-state index is 14.2. The number of nitrogens with one attached hydrogen (secondary N) is 2. The lowest BCUT2D eigenvalue weighted by Gasteiger charge is -2.25. The summed E-state index contributed by atoms with van der Waals surface area (Å²) in [5, 5.41) is 5.72. The predicted octanol–water partition coefficient (Wildman–Crippen LogP) is 2.63. The molecule has 1 aliphatic heterocycles. The van der Waals surface area contributed by atoms with Gasteiger partial charge in [-0.3, -0.25) is 4.79 Å². The number of aromatic nitrogens is 3. The number of nitrogen functional groups attached to an aromatic ring is 1. The summed E-state index contributed by atoms with van der Waals surface area (Å²) in [7, 11) is 0. The fourth-order valence-electron chi connectivity index (χ4n) is 2.84. The van der Waals surface area contributed by atoms with Crippen molar-refractivity contribution in [1.29, 1.82) is 0 Å². The van der Waals surface area contributed by atoms with Gasteiger partial charge in [0.05, 0.1) is 24.2 Å². The van der Waals surface area contributed by atoms with E-state index in [1.165, 1.54) is 30.6 Å². The van der Waals surface area contributed by atoms with Crippen LogP contribution in [0.4, 0.5) is 21.6 Å². The lowest BCUT2D eigenvalue weighted by Crippen LogP contribution is -2.32. The van der Waals surface area contributed by atoms with Crippen molar-refractivity contribution in [3.63, 3.8) is 0 Å². The molecule has 1 atom stereocenters. The summed E-state index contributed by atoms with van der Waals surface area (Å²) in [6.07, 6.45) is 5.32. The van der Waals surface area contributed by atoms with Gasteiger partial charge in [0.25, 0.3) is 5.91 Å². The van der Waals surface area contributed by atoms with Crippen molar-refractivity contribution in [3.05, 3.63) is 66.0 Å². The van der Waals surface area contributed by atoms with E-state index in [9.17, 15) is 9.18 Å². The number of amides is 1. The smallest absolute Gasteiger partial charge is 0.275 e. The monoisotopic (exact) mass is 424 g/mol. The largest absolute Gasteiger partial charge is 0.474 e. The molecule has 0 saturated carbocycles. The molecule has 1 fully saturated rings. The minimum Gasteiger partial charge on any atom is -0.474 e. The van der Waals surface area contributed by atoms with Crippen molar-refractivity contribution in [3.8, 4) is 5.88 Å². The zero-order chi connectivity index (χ0) is 21.6. The van der Waals surface area contributed by atoms with Crippen LogP contribution in [0.5, 0.6) is 5.88 Å². The highest BCUT2D eigenvalue weighted by Gasteiger charge is 2.19. The highest BCUT2D eigenvalue weighted by Crippen LogP contribution is 2.20. The molecule has 1 unspecified atom stereocenters. The highest BCUT2D eigenvalue weighted by molar-refractivity contribution is 6.02. The van der Waals surface area contributed by atoms with E-state index < -0.39 is 11.7 Å². The summed E-state index contributed by atoms with van der Waals surface area (Å²) in [6.45, 7) is 1.32. The van der Waals surface area contributed by atoms with Crippen LogP contribution < -0.4 is 21.1 Å². The number of nitrogens with two attached hydrogens (primary N) is 1. The summed E-state index contributed by atoms with van der Waals surface area (Å²) >= 11 is 0. The Hall–Kier alpha value is -3.79. The minimum atomic E-state index is -0.469. The van der Waals surface area contributed by atoms with Gasteiger partial charge in [0, 0.05) is 37.0 Å². The zero-order valence-electron chi connectivity index (χ0n) is 16.5. The summed E-state index contributed by atoms with van der Waals surface area (Å²) < 4.78 is 24.9. The van der Waals surface area contributed by atoms with Gasteiger partial charge in [-0.15, -0.1) is 0 Å². The van der Waals surface area contributed by atoms with E-state index in [1.54, 1.807) is 18.3 Å². The number of ether oxygens (including phenoxy) is 2. The number of carbonyl (C=O) groups excluding carboxylic acids is 1. The fraction of sp³-hybridized carbons (Fsp3) is 0.238. The number of hydrogen-bond acceptors (Lipinski definition) is 8. The number of anilines is 3. The van der Waals surface area contributed by atoms with Gasteiger partial charge in [-0.1, -0.05) is 0 Å². The maximum atomic E-state index is 14.2. The molecular weight excluding hydrogens is 403 g/mol. The third-order valence-electron chi connectivity index (χ3n) is 4.68. The normalized spacial score (nSPS) is 15.1. The Labute approximate surface area is 177 Å². The van der Waals surface area contributed by atoms with Crippen LogP contribution in [-0.4, -0.2) is 40.2 Å². The molecule has 1 saturated heterocycles. The number of halogens is 1. The van der Waals surface area contributed by atoms with E-state index in [0.717, 1.165) is 13.0 Å². The number of carbonyl (C=O) groups is 1. The zero-order valence-corrected chi connectivity index (χ0v) is 16.5. The molecule has 4 N–H and O–H groups in total. The Morgan fingerprint density at radius 2 is 2.13 bits per heavy atom. The van der Waals surface area contributed by atoms with Gasteiger partial charge in [0.2, 0.25) is 5.88 Å². The molecule has 0 bridgehead atoms. The molecule has 160 valence electrons. The topological polar surface area (TPSA) is 124 Å². The van der Waals surface area contributed by atoms with E-state index in [1.807, 2.05) is 0 Å². The van der Waals surface area contributed by atoms with Crippen LogP contribution in [0.2, 0.25) is 0 Å². The van der Waals surface area contributed by atoms with Crippen molar-refractivity contribution in [2.75, 3.05) is 29.6 Å². The number of rotatable bonds is 8. The third kappa shape index (κ3) is 5.23. The van der Waals surface area contributed by atoms with E-state index >= 15 is 0 Å². The van der Waals surface area contributed by atoms with Crippen LogP contribution in [-0.2, 0) is 11.3 Å². The van der Waals surface area contributed by atoms with Gasteiger partial charge in [0.15, 0.2) is 0 Å². The average Bonchev–Trinajstić information content (AvgIpc) is 2.74. The molecule has 1 aliphatic rings. The Morgan fingerprint density at radius 1 is 1.26 bits per heavy atom. The Bertz CT molecular complexity index is 1060. The molecule has 10 heteroatoms. The van der Waals surface area contributed by atoms with E-state index in [-0.39, 0.29) is 18.3 Å². The third-order valence-corrected chi connectivity index (χ3v) is 4.68. The first-order chi connectivity index (χ1) is 15.1. The van der Waals surface area contributed by atoms with Crippen LogP contribution in [0.3, 0.4) is 0 Å². The first kappa shape index (κ1) is 20.5. The van der Waals surface area contributed by atoms with Crippen molar-refractivity contribution in [2.24, 2.45) is 0 Å². The van der Waals surface area contributed by atoms with E-state index in [0.29, 0.717) is 35.2 Å². The van der Waals surface area contributed by atoms with Crippen LogP contribution >= 0.6 is 0 Å². The molecule has 3 heterocycles. The van der Waals surface area contributed by atoms with Crippen molar-refractivity contribution in [1.82, 2.24) is 15.0 Å². The summed E-state index contributed by atoms with van der Waals surface area (Å²) in [5.41, 5.74) is 7.27. The molecule has 3 aromatic rings. The van der Waals surface area contributed by atoms with Crippen molar-refractivity contribution < 1.29 is 18.7 Å². The van der Waals surface area contributed by atoms with Crippen LogP contribution in [0, 0.1) is 5.82 Å². The quantitative estimate of drug-likeness (QED) is 0.504. The number of pyridine rings is 1. The van der Waals surface area contributed by atoms with Crippen LogP contribution in [0.15, 0.2) is 48.9 Å². The summed E-state index contributed by atoms with van der Waals surface area (Å²) in [5.74, 6) is -0.247. The lowest BCUT2D eigenvalue weighted by atomic mass is 10.1. The second-order valence-corrected chi connectivity index (χ2v) is 6.88. The molecular formula is C21H21FN6O3. The Morgan fingerprint density at radius 3 is 2.84 bits per heavy atom. The first-order valence-corrected chi connectivity index (χ1v) is 9.69. The second-order valence-electron chi connectivity index (χ2n) is 6.88. The van der Waals surface area contributed by atoms with Gasteiger partial charge < -0.3 is 25.8 Å². The number of benzene rings is 1. The predicted molar refractivity (Wildman–Crippen MR) is 112 cm³/mol. The minimum absolute atomic E-state index is 0.0848. The molecule has 1 aromatic carbocycles. The van der Waals surface area contributed by atoms with Crippen molar-refractivity contribution >= 4 is 23.1 Å². The highest BCUT2D eigenvalue weighted by atomic mass is 19.1. The molecule has 4 rings (SSSR count). The van der Waals surface area contributed by atoms with Gasteiger partial charge in [-0.05, 0) is 30.3 Å². The molecule has 2 aromatic heterocycles. The fourth-order valence-corrected chi connectivity index (χ4v) is 2.84. The molecule has 1 amide bonds. The SMILES string of the molecule is Nc1ncccc1NCc1cc(NC(=O)c2cnc(OCC3CCO3)cn2)ccc1F. The first-order valence-electron chi connectivity index (χ1n) is 9.69. The number of hydrogen-bond donors (Lipinski definition) is 3. The van der Waals surface area contributed by atoms with Crippen molar-refractivity contribution in [2.45, 2.75) is 19.1 Å². The van der Waals surface area contributed by atoms with Gasteiger partial charge in [0.1, 0.15) is 23.9 Å². The van der Waals surface area contributed by atoms with E-state index in [2.05, 4.69) is 25.6 Å². The lowest BCUT2D eigenvalue weighted by molar-refractivity contribution is -0.0727. The molecule has 9 nitrogen and oxygen atoms in total. The average molecular weight is 424 g/mol. The summed E-state index contributed by atoms with van der Waals surface area (Å²) in [4.78, 5) is 24.6. The van der Waals surface area contributed by atoms with Crippen LogP contribution in [0.25, 0.3) is 0 Å². The van der Waals surface area contributed by atoms with Gasteiger partial charge in [-0.2, -0.15) is 0 Å². The summed E-state index contributed by atoms with van der Waals surface area (Å²) in [6, 6.07) is 7.76. The standard InChI is InChI=1S/C21H21FN6O3/c22-16-4-3-14(8-13(16)9-25-17-2-1-6-24-20(17)23)28-21(29)18-10-27-19(11-26-18)31-12-15-5-7-30-15/h1-4,6,8,10-11,15,25H,5,7,9,12H2,(H2,23,24)(H,28,29). The van der Waals surface area contributed by atoms with Crippen LogP contribution in [0.1, 0.15) is 22.5 Å². The van der Waals surface area contributed by atoms with E-state index in [4.69, 9.17) is 15.2 Å². The Balaban J connectivity index is 1.36. The van der Waals surface area contributed by atoms with Gasteiger partial charge >= 0.3 is 0 Å². The molecule has 0 aliphatic carbocycles. The molecule has 31 heavy (non-hydrogen) atoms. The number of nitrogens with zero attached hydrogens (tertiary/aromatic N) is 3. The Kier molecular flexibility index (Phi) is 6.18. The second kappa shape index (κ2) is 9.35. The maximum Gasteiger partial charge on any atom is 0.275 e. The molecule has 0 radical (unpaired) electrons.